The molecule has 0 aliphatic carbocycles. The van der Waals surface area contributed by atoms with Gasteiger partial charge in [0.25, 0.3) is 5.56 Å². The first-order valence-corrected chi connectivity index (χ1v) is 7.47. The van der Waals surface area contributed by atoms with Gasteiger partial charge in [0.1, 0.15) is 4.47 Å². The van der Waals surface area contributed by atoms with E-state index in [0.717, 1.165) is 6.42 Å². The fourth-order valence-corrected chi connectivity index (χ4v) is 2.66. The molecule has 1 aromatic rings. The van der Waals surface area contributed by atoms with Crippen molar-refractivity contribution in [2.24, 2.45) is 0 Å². The Bertz CT molecular complexity index is 570. The van der Waals surface area contributed by atoms with Crippen molar-refractivity contribution in [3.8, 4) is 0 Å². The summed E-state index contributed by atoms with van der Waals surface area (Å²) in [6.07, 6.45) is 2.95. The zero-order chi connectivity index (χ0) is 14.9. The number of hydrogen-bond acceptors (Lipinski definition) is 4. The largest absolute Gasteiger partial charge is 0.378 e. The molecular weight excluding hydrogens is 324 g/mol. The molecular formula is C13H19BrN4O2. The van der Waals surface area contributed by atoms with Gasteiger partial charge in [0.15, 0.2) is 0 Å². The number of hydrogen-bond donors (Lipinski definition) is 1. The van der Waals surface area contributed by atoms with Crippen LogP contribution >= 0.6 is 15.9 Å². The molecule has 7 heteroatoms. The summed E-state index contributed by atoms with van der Waals surface area (Å²) < 4.78 is 1.92. The second kappa shape index (κ2) is 5.95. The number of rotatable bonds is 3. The van der Waals surface area contributed by atoms with Crippen LogP contribution in [0.4, 0.5) is 5.69 Å². The number of amides is 1. The van der Waals surface area contributed by atoms with E-state index in [0.29, 0.717) is 23.1 Å². The van der Waals surface area contributed by atoms with Crippen LogP contribution in [0.3, 0.4) is 0 Å². The van der Waals surface area contributed by atoms with Gasteiger partial charge in [0.2, 0.25) is 5.91 Å². The fourth-order valence-electron chi connectivity index (χ4n) is 2.26. The summed E-state index contributed by atoms with van der Waals surface area (Å²) in [6.45, 7) is 4.46. The predicted octanol–water partition coefficient (Wildman–Crippen LogP) is 1.62. The molecule has 1 atom stereocenters. The lowest BCUT2D eigenvalue weighted by molar-refractivity contribution is -0.132. The van der Waals surface area contributed by atoms with Crippen molar-refractivity contribution < 1.29 is 4.79 Å². The molecule has 0 bridgehead atoms. The van der Waals surface area contributed by atoms with Gasteiger partial charge in [0.05, 0.1) is 17.9 Å². The number of halogens is 1. The van der Waals surface area contributed by atoms with Crippen molar-refractivity contribution in [2.75, 3.05) is 18.9 Å². The maximum absolute atomic E-state index is 12.1. The number of likely N-dealkylation sites (tertiary alicyclic amines) is 1. The van der Waals surface area contributed by atoms with Crippen molar-refractivity contribution in [3.63, 3.8) is 0 Å². The highest BCUT2D eigenvalue weighted by molar-refractivity contribution is 9.10. The Morgan fingerprint density at radius 3 is 2.75 bits per heavy atom. The molecule has 1 aliphatic rings. The second-order valence-corrected chi connectivity index (χ2v) is 6.16. The van der Waals surface area contributed by atoms with Gasteiger partial charge in [-0.05, 0) is 36.2 Å². The highest BCUT2D eigenvalue weighted by Crippen LogP contribution is 2.21. The summed E-state index contributed by atoms with van der Waals surface area (Å²) in [5.74, 6) is 0.162. The topological polar surface area (TPSA) is 67.2 Å². The summed E-state index contributed by atoms with van der Waals surface area (Å²) in [4.78, 5) is 25.3. The molecule has 0 saturated carbocycles. The third kappa shape index (κ3) is 3.03. The van der Waals surface area contributed by atoms with Crippen molar-refractivity contribution in [3.05, 3.63) is 21.0 Å². The molecule has 0 spiro atoms. The first-order chi connectivity index (χ1) is 9.40. The van der Waals surface area contributed by atoms with Crippen LogP contribution in [0.15, 0.2) is 15.5 Å². The molecule has 6 nitrogen and oxygen atoms in total. The standard InChI is InChI=1S/C13H19BrN4O2/c1-8(2)18-13(20)12(14)10(6-15-18)16-9-4-5-11(19)17(3)7-9/h6,8-9,16H,4-5,7H2,1-3H3. The minimum atomic E-state index is -0.148. The van der Waals surface area contributed by atoms with Crippen LogP contribution in [0.1, 0.15) is 32.7 Å². The third-order valence-corrected chi connectivity index (χ3v) is 4.19. The monoisotopic (exact) mass is 342 g/mol. The van der Waals surface area contributed by atoms with E-state index in [9.17, 15) is 9.59 Å². The van der Waals surface area contributed by atoms with Gasteiger partial charge in [-0.25, -0.2) is 4.68 Å². The Balaban J connectivity index is 2.17. The number of nitrogens with zero attached hydrogens (tertiary/aromatic N) is 3. The normalized spacial score (nSPS) is 19.6. The van der Waals surface area contributed by atoms with E-state index >= 15 is 0 Å². The molecule has 1 aromatic heterocycles. The first kappa shape index (κ1) is 15.0. The van der Waals surface area contributed by atoms with Gasteiger partial charge in [0, 0.05) is 26.1 Å². The molecule has 2 heterocycles. The van der Waals surface area contributed by atoms with Crippen LogP contribution in [0.25, 0.3) is 0 Å². The van der Waals surface area contributed by atoms with E-state index < -0.39 is 0 Å². The van der Waals surface area contributed by atoms with E-state index in [2.05, 4.69) is 26.3 Å². The number of carbonyl (C=O) groups is 1. The Labute approximate surface area is 126 Å². The van der Waals surface area contributed by atoms with Gasteiger partial charge in [-0.15, -0.1) is 0 Å². The molecule has 2 rings (SSSR count). The summed E-state index contributed by atoms with van der Waals surface area (Å²) in [5.41, 5.74) is 0.532. The maximum Gasteiger partial charge on any atom is 0.283 e. The second-order valence-electron chi connectivity index (χ2n) is 5.37. The lowest BCUT2D eigenvalue weighted by Gasteiger charge is -2.31. The van der Waals surface area contributed by atoms with Crippen molar-refractivity contribution in [1.82, 2.24) is 14.7 Å². The molecule has 1 unspecified atom stereocenters. The average Bonchev–Trinajstić information content (AvgIpc) is 2.39. The lowest BCUT2D eigenvalue weighted by atomic mass is 10.1. The van der Waals surface area contributed by atoms with E-state index in [1.165, 1.54) is 4.68 Å². The smallest absolute Gasteiger partial charge is 0.283 e. The SMILES string of the molecule is CC(C)n1ncc(NC2CCC(=O)N(C)C2)c(Br)c1=O. The Kier molecular flexibility index (Phi) is 4.47. The molecule has 20 heavy (non-hydrogen) atoms. The molecule has 0 aromatic carbocycles. The molecule has 110 valence electrons. The molecule has 1 saturated heterocycles. The number of piperidine rings is 1. The van der Waals surface area contributed by atoms with Gasteiger partial charge >= 0.3 is 0 Å². The summed E-state index contributed by atoms with van der Waals surface area (Å²) in [5, 5.41) is 7.46. The van der Waals surface area contributed by atoms with Gasteiger partial charge in [-0.2, -0.15) is 5.10 Å². The Hall–Kier alpha value is -1.37. The predicted molar refractivity (Wildman–Crippen MR) is 80.9 cm³/mol. The molecule has 0 radical (unpaired) electrons. The number of nitrogens with one attached hydrogen (secondary N) is 1. The van der Waals surface area contributed by atoms with Crippen molar-refractivity contribution in [1.29, 1.82) is 0 Å². The first-order valence-electron chi connectivity index (χ1n) is 6.68. The maximum atomic E-state index is 12.1. The molecule has 1 fully saturated rings. The van der Waals surface area contributed by atoms with Crippen molar-refractivity contribution in [2.45, 2.75) is 38.8 Å². The van der Waals surface area contributed by atoms with E-state index in [1.54, 1.807) is 18.1 Å². The molecule has 1 amide bonds. The number of anilines is 1. The third-order valence-electron chi connectivity index (χ3n) is 3.42. The molecule has 1 aliphatic heterocycles. The van der Waals surface area contributed by atoms with Crippen LogP contribution in [0.2, 0.25) is 0 Å². The number of aromatic nitrogens is 2. The minimum Gasteiger partial charge on any atom is -0.378 e. The van der Waals surface area contributed by atoms with E-state index in [1.807, 2.05) is 13.8 Å². The zero-order valence-corrected chi connectivity index (χ0v) is 13.5. The zero-order valence-electron chi connectivity index (χ0n) is 11.9. The Morgan fingerprint density at radius 2 is 2.15 bits per heavy atom. The van der Waals surface area contributed by atoms with Gasteiger partial charge < -0.3 is 10.2 Å². The van der Waals surface area contributed by atoms with E-state index in [-0.39, 0.29) is 23.6 Å². The van der Waals surface area contributed by atoms with Gasteiger partial charge in [-0.1, -0.05) is 0 Å². The summed E-state index contributed by atoms with van der Waals surface area (Å²) in [7, 11) is 1.79. The lowest BCUT2D eigenvalue weighted by Crippen LogP contribution is -2.43. The van der Waals surface area contributed by atoms with Gasteiger partial charge in [-0.3, -0.25) is 9.59 Å². The Morgan fingerprint density at radius 1 is 1.45 bits per heavy atom. The van der Waals surface area contributed by atoms with Crippen LogP contribution in [0.5, 0.6) is 0 Å². The molecule has 1 N–H and O–H groups in total. The highest BCUT2D eigenvalue weighted by Gasteiger charge is 2.23. The number of carbonyl (C=O) groups excluding carboxylic acids is 1. The van der Waals surface area contributed by atoms with Crippen LogP contribution in [-0.2, 0) is 4.79 Å². The summed E-state index contributed by atoms with van der Waals surface area (Å²) >= 11 is 3.34. The quantitative estimate of drug-likeness (QED) is 0.906. The summed E-state index contributed by atoms with van der Waals surface area (Å²) in [6, 6.07) is 0.163. The van der Waals surface area contributed by atoms with Crippen molar-refractivity contribution >= 4 is 27.5 Å². The fraction of sp³-hybridized carbons (Fsp3) is 0.615. The minimum absolute atomic E-state index is 0.0197. The van der Waals surface area contributed by atoms with E-state index in [4.69, 9.17) is 0 Å². The average molecular weight is 343 g/mol. The van der Waals surface area contributed by atoms with Crippen LogP contribution < -0.4 is 10.9 Å². The highest BCUT2D eigenvalue weighted by atomic mass is 79.9. The van der Waals surface area contributed by atoms with Crippen LogP contribution in [-0.4, -0.2) is 40.2 Å². The number of likely N-dealkylation sites (N-methyl/N-ethyl adjacent to an activating group) is 1. The van der Waals surface area contributed by atoms with Crippen LogP contribution in [0, 0.1) is 0 Å².